The van der Waals surface area contributed by atoms with Gasteiger partial charge in [-0.25, -0.2) is 4.98 Å². The molecule has 1 unspecified atom stereocenters. The summed E-state index contributed by atoms with van der Waals surface area (Å²) in [5, 5.41) is 10.7. The number of nitrogens with two attached hydrogens (primary N) is 1. The van der Waals surface area contributed by atoms with Crippen LogP contribution >= 0.6 is 0 Å². The van der Waals surface area contributed by atoms with E-state index in [1.165, 1.54) is 6.07 Å². The van der Waals surface area contributed by atoms with Crippen LogP contribution in [-0.2, 0) is 12.6 Å². The highest BCUT2D eigenvalue weighted by molar-refractivity contribution is 5.28. The van der Waals surface area contributed by atoms with Gasteiger partial charge in [-0.1, -0.05) is 31.9 Å². The van der Waals surface area contributed by atoms with Crippen molar-refractivity contribution >= 4 is 0 Å². The van der Waals surface area contributed by atoms with Gasteiger partial charge in [0.2, 0.25) is 0 Å². The maximum absolute atomic E-state index is 13.2. The van der Waals surface area contributed by atoms with Crippen LogP contribution in [0.2, 0.25) is 0 Å². The van der Waals surface area contributed by atoms with Gasteiger partial charge < -0.3 is 10.8 Å². The van der Waals surface area contributed by atoms with Gasteiger partial charge in [0.15, 0.2) is 0 Å². The molecule has 0 saturated carbocycles. The van der Waals surface area contributed by atoms with Crippen LogP contribution in [0.25, 0.3) is 0 Å². The number of nitrogens with zero attached hydrogens (tertiary/aromatic N) is 1. The Morgan fingerprint density at radius 3 is 2.28 bits per heavy atom. The summed E-state index contributed by atoms with van der Waals surface area (Å²) < 4.78 is 39.6. The predicted molar refractivity (Wildman–Crippen MR) is 94.0 cm³/mol. The van der Waals surface area contributed by atoms with E-state index in [1.807, 2.05) is 6.92 Å². The molecule has 0 aliphatic carbocycles. The Labute approximate surface area is 147 Å². The number of aliphatic hydroxyl groups is 1. The molecular weight excluding hydrogens is 329 g/mol. The first-order valence-electron chi connectivity index (χ1n) is 8.44. The summed E-state index contributed by atoms with van der Waals surface area (Å²) in [6.07, 6.45) is 0.751. The Hall–Kier alpha value is -1.66. The molecule has 0 spiro atoms. The summed E-state index contributed by atoms with van der Waals surface area (Å²) in [6.45, 7) is 9.24. The number of alkyl halides is 3. The molecule has 25 heavy (non-hydrogen) atoms. The molecule has 0 bridgehead atoms. The van der Waals surface area contributed by atoms with E-state index >= 15 is 0 Å². The van der Waals surface area contributed by atoms with E-state index in [-0.39, 0.29) is 18.4 Å². The van der Waals surface area contributed by atoms with Gasteiger partial charge in [-0.2, -0.15) is 13.2 Å². The van der Waals surface area contributed by atoms with Gasteiger partial charge in [0.05, 0.1) is 11.6 Å². The van der Waals surface area contributed by atoms with Crippen LogP contribution in [0.5, 0.6) is 0 Å². The first-order valence-corrected chi connectivity index (χ1v) is 8.44. The molecule has 0 aromatic carbocycles. The van der Waals surface area contributed by atoms with E-state index < -0.39 is 23.5 Å². The zero-order chi connectivity index (χ0) is 19.1. The number of hydrogen-bond acceptors (Lipinski definition) is 3. The van der Waals surface area contributed by atoms with E-state index in [9.17, 15) is 18.3 Å². The molecule has 140 valence electrons. The van der Waals surface area contributed by atoms with Crippen LogP contribution in [0.1, 0.15) is 62.1 Å². The average Bonchev–Trinajstić information content (AvgIpc) is 2.54. The molecule has 1 heterocycles. The highest BCUT2D eigenvalue weighted by atomic mass is 19.4. The van der Waals surface area contributed by atoms with Crippen molar-refractivity contribution in [3.63, 3.8) is 0 Å². The third-order valence-electron chi connectivity index (χ3n) is 4.14. The minimum absolute atomic E-state index is 0.125. The van der Waals surface area contributed by atoms with Crippen LogP contribution in [0.15, 0.2) is 37.4 Å². The summed E-state index contributed by atoms with van der Waals surface area (Å²) in [4.78, 5) is 3.72. The van der Waals surface area contributed by atoms with E-state index in [0.717, 1.165) is 25.3 Å². The average molecular weight is 356 g/mol. The normalized spacial score (nSPS) is 13.5. The van der Waals surface area contributed by atoms with Crippen molar-refractivity contribution in [2.75, 3.05) is 0 Å². The second-order valence-electron chi connectivity index (χ2n) is 6.35. The van der Waals surface area contributed by atoms with Crippen LogP contribution in [0, 0.1) is 0 Å². The lowest BCUT2D eigenvalue weighted by molar-refractivity contribution is -0.141. The summed E-state index contributed by atoms with van der Waals surface area (Å²) in [6, 6.07) is 2.39. The fourth-order valence-corrected chi connectivity index (χ4v) is 2.77. The van der Waals surface area contributed by atoms with Gasteiger partial charge in [0.1, 0.15) is 5.69 Å². The van der Waals surface area contributed by atoms with Crippen molar-refractivity contribution < 1.29 is 18.3 Å². The lowest BCUT2D eigenvalue weighted by Crippen LogP contribution is -2.45. The molecule has 0 fully saturated rings. The fraction of sp³-hybridized carbons (Fsp3) is 0.526. The van der Waals surface area contributed by atoms with Gasteiger partial charge >= 0.3 is 6.18 Å². The number of rotatable bonds is 10. The highest BCUT2D eigenvalue weighted by Gasteiger charge is 2.37. The first-order chi connectivity index (χ1) is 11.7. The fourth-order valence-electron chi connectivity index (χ4n) is 2.77. The van der Waals surface area contributed by atoms with Crippen LogP contribution < -0.4 is 5.73 Å². The van der Waals surface area contributed by atoms with Gasteiger partial charge in [-0.15, -0.1) is 13.2 Å². The third kappa shape index (κ3) is 5.97. The van der Waals surface area contributed by atoms with Crippen molar-refractivity contribution in [1.82, 2.24) is 4.98 Å². The van der Waals surface area contributed by atoms with Crippen molar-refractivity contribution in [3.8, 4) is 0 Å². The second-order valence-corrected chi connectivity index (χ2v) is 6.35. The second kappa shape index (κ2) is 9.15. The van der Waals surface area contributed by atoms with E-state index in [4.69, 9.17) is 5.73 Å². The smallest absolute Gasteiger partial charge is 0.386 e. The largest absolute Gasteiger partial charge is 0.433 e. The first kappa shape index (κ1) is 21.4. The zero-order valence-electron chi connectivity index (χ0n) is 14.6. The Morgan fingerprint density at radius 2 is 1.80 bits per heavy atom. The van der Waals surface area contributed by atoms with Crippen molar-refractivity contribution in [2.45, 2.75) is 63.3 Å². The lowest BCUT2D eigenvalue weighted by atomic mass is 9.82. The summed E-state index contributed by atoms with van der Waals surface area (Å²) >= 11 is 0. The summed E-state index contributed by atoms with van der Waals surface area (Å²) in [5.41, 5.74) is 4.51. The molecule has 3 N–H and O–H groups in total. The highest BCUT2D eigenvalue weighted by Crippen LogP contribution is 2.35. The maximum atomic E-state index is 13.2. The molecule has 0 amide bonds. The molecular formula is C19H27F3N2O. The molecule has 6 heteroatoms. The maximum Gasteiger partial charge on any atom is 0.433 e. The topological polar surface area (TPSA) is 59.1 Å². The molecule has 1 aromatic rings. The number of hydrogen-bond donors (Lipinski definition) is 2. The number of aliphatic hydroxyl groups excluding tert-OH is 1. The third-order valence-corrected chi connectivity index (χ3v) is 4.14. The summed E-state index contributed by atoms with van der Waals surface area (Å²) in [5.74, 6) is 0. The quantitative estimate of drug-likeness (QED) is 0.471. The van der Waals surface area contributed by atoms with Gasteiger partial charge in [0, 0.05) is 5.69 Å². The number of aromatic nitrogens is 1. The molecule has 0 radical (unpaired) electrons. The predicted octanol–water partition coefficient (Wildman–Crippen LogP) is 4.72. The number of halogens is 3. The lowest BCUT2D eigenvalue weighted by Gasteiger charge is -2.33. The van der Waals surface area contributed by atoms with Crippen molar-refractivity contribution in [2.24, 2.45) is 5.73 Å². The number of pyridine rings is 1. The van der Waals surface area contributed by atoms with E-state index in [2.05, 4.69) is 18.1 Å². The monoisotopic (exact) mass is 356 g/mol. The van der Waals surface area contributed by atoms with Gasteiger partial charge in [-0.3, -0.25) is 0 Å². The van der Waals surface area contributed by atoms with Crippen LogP contribution in [0.3, 0.4) is 0 Å². The molecule has 1 rings (SSSR count). The van der Waals surface area contributed by atoms with Crippen LogP contribution in [-0.4, -0.2) is 15.6 Å². The molecule has 1 aromatic heterocycles. The molecule has 0 aliphatic heterocycles. The minimum atomic E-state index is -4.58. The van der Waals surface area contributed by atoms with E-state index in [0.29, 0.717) is 12.1 Å². The standard InChI is InChI=1S/C19H27F3N2O/c1-4-7-8-9-15-12-14(13-16(24-15)19(20,21)22)17(25)18(23,10-5-2)11-6-3/h5-6,12-13,17,25H,2-4,7-11,23H2,1H3. The Balaban J connectivity index is 3.28. The van der Waals surface area contributed by atoms with Crippen molar-refractivity contribution in [3.05, 3.63) is 54.4 Å². The molecule has 0 saturated heterocycles. The Bertz CT molecular complexity index is 575. The molecule has 0 aliphatic rings. The summed E-state index contributed by atoms with van der Waals surface area (Å²) in [7, 11) is 0. The molecule has 1 atom stereocenters. The SMILES string of the molecule is C=CCC(N)(CC=C)C(O)c1cc(CCCCC)nc(C(F)(F)F)c1. The van der Waals surface area contributed by atoms with Gasteiger partial charge in [0.25, 0.3) is 0 Å². The molecule has 3 nitrogen and oxygen atoms in total. The Kier molecular flexibility index (Phi) is 7.83. The zero-order valence-corrected chi connectivity index (χ0v) is 14.6. The number of aryl methyl sites for hydroxylation is 1. The van der Waals surface area contributed by atoms with Crippen LogP contribution in [0.4, 0.5) is 13.2 Å². The number of unbranched alkanes of at least 4 members (excludes halogenated alkanes) is 2. The van der Waals surface area contributed by atoms with Gasteiger partial charge in [-0.05, 0) is 43.4 Å². The van der Waals surface area contributed by atoms with E-state index in [1.54, 1.807) is 12.2 Å². The van der Waals surface area contributed by atoms with Crippen molar-refractivity contribution in [1.29, 1.82) is 0 Å². The minimum Gasteiger partial charge on any atom is -0.386 e. The Morgan fingerprint density at radius 1 is 1.20 bits per heavy atom.